The van der Waals surface area contributed by atoms with Gasteiger partial charge in [0.1, 0.15) is 11.5 Å². The molecule has 2 heterocycles. The number of benzene rings is 2. The van der Waals surface area contributed by atoms with Crippen molar-refractivity contribution in [1.82, 2.24) is 24.8 Å². The van der Waals surface area contributed by atoms with Crippen LogP contribution in [0.4, 0.5) is 4.39 Å². The lowest BCUT2D eigenvalue weighted by Crippen LogP contribution is -2.00. The second-order valence-corrected chi connectivity index (χ2v) is 5.88. The molecular weight excluding hydrogens is 317 g/mol. The molecule has 0 amide bonds. The maximum absolute atomic E-state index is 13.8. The molecule has 25 heavy (non-hydrogen) atoms. The van der Waals surface area contributed by atoms with Gasteiger partial charge in [-0.25, -0.2) is 9.07 Å². The molecule has 0 N–H and O–H groups in total. The van der Waals surface area contributed by atoms with Crippen LogP contribution in [0.15, 0.2) is 67.1 Å². The van der Waals surface area contributed by atoms with Crippen LogP contribution in [0.3, 0.4) is 0 Å². The van der Waals surface area contributed by atoms with Crippen LogP contribution in [0, 0.1) is 5.82 Å². The summed E-state index contributed by atoms with van der Waals surface area (Å²) in [7, 11) is 1.90. The van der Waals surface area contributed by atoms with Gasteiger partial charge in [-0.3, -0.25) is 4.68 Å². The maximum Gasteiger partial charge on any atom is 0.132 e. The monoisotopic (exact) mass is 333 g/mol. The summed E-state index contributed by atoms with van der Waals surface area (Å²) in [5.41, 5.74) is 4.28. The van der Waals surface area contributed by atoms with Gasteiger partial charge in [-0.15, -0.1) is 5.10 Å². The van der Waals surface area contributed by atoms with Crippen molar-refractivity contribution < 1.29 is 4.39 Å². The quantitative estimate of drug-likeness (QED) is 0.574. The summed E-state index contributed by atoms with van der Waals surface area (Å²) in [5, 5.41) is 12.4. The van der Waals surface area contributed by atoms with Gasteiger partial charge in [0.15, 0.2) is 0 Å². The fourth-order valence-electron chi connectivity index (χ4n) is 2.73. The Morgan fingerprint density at radius 2 is 1.76 bits per heavy atom. The predicted octanol–water partition coefficient (Wildman–Crippen LogP) is 3.53. The second kappa shape index (κ2) is 6.32. The van der Waals surface area contributed by atoms with Gasteiger partial charge in [-0.2, -0.15) is 5.10 Å². The molecule has 0 fully saturated rings. The van der Waals surface area contributed by atoms with Crippen LogP contribution in [-0.2, 0) is 13.6 Å². The number of halogens is 1. The highest BCUT2D eigenvalue weighted by Gasteiger charge is 2.09. The van der Waals surface area contributed by atoms with E-state index in [-0.39, 0.29) is 5.82 Å². The van der Waals surface area contributed by atoms with Crippen LogP contribution in [0.25, 0.3) is 22.4 Å². The zero-order valence-electron chi connectivity index (χ0n) is 13.7. The van der Waals surface area contributed by atoms with Crippen LogP contribution in [0.5, 0.6) is 0 Å². The van der Waals surface area contributed by atoms with Crippen LogP contribution in [0.2, 0.25) is 0 Å². The topological polar surface area (TPSA) is 48.5 Å². The highest BCUT2D eigenvalue weighted by molar-refractivity contribution is 5.62. The van der Waals surface area contributed by atoms with Crippen molar-refractivity contribution in [2.24, 2.45) is 7.05 Å². The first kappa shape index (κ1) is 15.3. The number of aryl methyl sites for hydroxylation is 1. The molecule has 0 aliphatic heterocycles. The first-order chi connectivity index (χ1) is 12.2. The molecule has 2 aromatic carbocycles. The van der Waals surface area contributed by atoms with Crippen molar-refractivity contribution in [2.75, 3.05) is 0 Å². The molecule has 2 aromatic heterocycles. The highest BCUT2D eigenvalue weighted by Crippen LogP contribution is 2.21. The van der Waals surface area contributed by atoms with E-state index in [0.717, 1.165) is 16.7 Å². The minimum absolute atomic E-state index is 0.296. The molecule has 6 heteroatoms. The van der Waals surface area contributed by atoms with Crippen LogP contribution in [0.1, 0.15) is 5.56 Å². The Balaban J connectivity index is 1.52. The van der Waals surface area contributed by atoms with Crippen molar-refractivity contribution in [1.29, 1.82) is 0 Å². The highest BCUT2D eigenvalue weighted by atomic mass is 19.1. The van der Waals surface area contributed by atoms with Gasteiger partial charge in [0.25, 0.3) is 0 Å². The summed E-state index contributed by atoms with van der Waals surface area (Å²) >= 11 is 0. The fourth-order valence-corrected chi connectivity index (χ4v) is 2.73. The number of rotatable bonds is 4. The van der Waals surface area contributed by atoms with Gasteiger partial charge in [0.05, 0.1) is 18.9 Å². The standard InChI is InChI=1S/C19H16FN5/c1-24-12-16(10-21-24)15-8-6-14(7-9-15)11-25-13-19(22-23-25)17-4-2-3-5-18(17)20/h2-10,12-13H,11H2,1H3. The minimum Gasteiger partial charge on any atom is -0.275 e. The first-order valence-corrected chi connectivity index (χ1v) is 7.92. The smallest absolute Gasteiger partial charge is 0.132 e. The Bertz CT molecular complexity index is 1000. The molecule has 5 nitrogen and oxygen atoms in total. The van der Waals surface area contributed by atoms with Gasteiger partial charge in [-0.1, -0.05) is 41.6 Å². The van der Waals surface area contributed by atoms with Gasteiger partial charge in [0.2, 0.25) is 0 Å². The average molecular weight is 333 g/mol. The first-order valence-electron chi connectivity index (χ1n) is 7.92. The Labute approximate surface area is 144 Å². The van der Waals surface area contributed by atoms with Crippen molar-refractivity contribution in [3.63, 3.8) is 0 Å². The number of hydrogen-bond acceptors (Lipinski definition) is 3. The Morgan fingerprint density at radius 1 is 0.960 bits per heavy atom. The molecule has 124 valence electrons. The van der Waals surface area contributed by atoms with Crippen LogP contribution >= 0.6 is 0 Å². The van der Waals surface area contributed by atoms with Crippen molar-refractivity contribution in [3.05, 3.63) is 78.5 Å². The molecule has 0 saturated heterocycles. The molecule has 0 atom stereocenters. The van der Waals surface area contributed by atoms with Crippen molar-refractivity contribution in [2.45, 2.75) is 6.54 Å². The molecule has 0 aliphatic rings. The normalized spacial score (nSPS) is 11.0. The molecular formula is C19H16FN5. The summed E-state index contributed by atoms with van der Waals surface area (Å²) in [4.78, 5) is 0. The van der Waals surface area contributed by atoms with E-state index < -0.39 is 0 Å². The third-order valence-electron chi connectivity index (χ3n) is 4.03. The molecule has 4 rings (SSSR count). The lowest BCUT2D eigenvalue weighted by atomic mass is 10.1. The van der Waals surface area contributed by atoms with Gasteiger partial charge in [0, 0.05) is 24.4 Å². The summed E-state index contributed by atoms with van der Waals surface area (Å²) in [6, 6.07) is 14.8. The van der Waals surface area contributed by atoms with E-state index in [1.165, 1.54) is 6.07 Å². The van der Waals surface area contributed by atoms with E-state index in [1.807, 2.05) is 31.6 Å². The minimum atomic E-state index is -0.296. The molecule has 0 aliphatic carbocycles. The summed E-state index contributed by atoms with van der Waals surface area (Å²) in [6.07, 6.45) is 5.58. The van der Waals surface area contributed by atoms with E-state index >= 15 is 0 Å². The van der Waals surface area contributed by atoms with E-state index in [9.17, 15) is 4.39 Å². The second-order valence-electron chi connectivity index (χ2n) is 5.88. The summed E-state index contributed by atoms with van der Waals surface area (Å²) in [6.45, 7) is 0.578. The Morgan fingerprint density at radius 3 is 2.48 bits per heavy atom. The van der Waals surface area contributed by atoms with Gasteiger partial charge in [-0.05, 0) is 23.3 Å². The zero-order valence-corrected chi connectivity index (χ0v) is 13.7. The van der Waals surface area contributed by atoms with Crippen molar-refractivity contribution in [3.8, 4) is 22.4 Å². The maximum atomic E-state index is 13.8. The Hall–Kier alpha value is -3.28. The van der Waals surface area contributed by atoms with E-state index in [4.69, 9.17) is 0 Å². The molecule has 0 saturated carbocycles. The van der Waals surface area contributed by atoms with Crippen molar-refractivity contribution >= 4 is 0 Å². The molecule has 0 bridgehead atoms. The van der Waals surface area contributed by atoms with Crippen LogP contribution in [-0.4, -0.2) is 24.8 Å². The lowest BCUT2D eigenvalue weighted by molar-refractivity contribution is 0.630. The number of aromatic nitrogens is 5. The number of hydrogen-bond donors (Lipinski definition) is 0. The average Bonchev–Trinajstić information content (AvgIpc) is 3.25. The lowest BCUT2D eigenvalue weighted by Gasteiger charge is -2.03. The van der Waals surface area contributed by atoms with Gasteiger partial charge >= 0.3 is 0 Å². The Kier molecular flexibility index (Phi) is 3.85. The number of nitrogens with zero attached hydrogens (tertiary/aromatic N) is 5. The van der Waals surface area contributed by atoms with E-state index in [2.05, 4.69) is 27.5 Å². The summed E-state index contributed by atoms with van der Waals surface area (Å²) < 4.78 is 17.3. The summed E-state index contributed by atoms with van der Waals surface area (Å²) in [5.74, 6) is -0.296. The van der Waals surface area contributed by atoms with Crippen LogP contribution < -0.4 is 0 Å². The largest absolute Gasteiger partial charge is 0.275 e. The molecule has 4 aromatic rings. The van der Waals surface area contributed by atoms with Gasteiger partial charge < -0.3 is 0 Å². The van der Waals surface area contributed by atoms with E-state index in [0.29, 0.717) is 17.8 Å². The molecule has 0 spiro atoms. The third-order valence-corrected chi connectivity index (χ3v) is 4.03. The predicted molar refractivity (Wildman–Crippen MR) is 93.2 cm³/mol. The van der Waals surface area contributed by atoms with E-state index in [1.54, 1.807) is 33.8 Å². The zero-order chi connectivity index (χ0) is 17.2. The molecule has 0 radical (unpaired) electrons. The molecule has 0 unspecified atom stereocenters. The third kappa shape index (κ3) is 3.19. The fraction of sp³-hybridized carbons (Fsp3) is 0.105. The SMILES string of the molecule is Cn1cc(-c2ccc(Cn3cc(-c4ccccc4F)nn3)cc2)cn1.